The van der Waals surface area contributed by atoms with Crippen LogP contribution in [0.3, 0.4) is 0 Å². The summed E-state index contributed by atoms with van der Waals surface area (Å²) in [5.74, 6) is 2.82. The third kappa shape index (κ3) is 3.23. The van der Waals surface area contributed by atoms with Crippen LogP contribution in [0.25, 0.3) is 0 Å². The fourth-order valence-electron chi connectivity index (χ4n) is 5.29. The normalized spacial score (nSPS) is 27.3. The van der Waals surface area contributed by atoms with Crippen LogP contribution in [0, 0.1) is 23.2 Å². The molecule has 2 saturated heterocycles. The first-order valence-corrected chi connectivity index (χ1v) is 10.2. The summed E-state index contributed by atoms with van der Waals surface area (Å²) in [4.78, 5) is 5.47. The number of rotatable bonds is 5. The second-order valence-corrected chi connectivity index (χ2v) is 10.1. The van der Waals surface area contributed by atoms with E-state index in [1.165, 1.54) is 58.3 Å². The number of nitrogens with zero attached hydrogens (tertiary/aromatic N) is 2. The van der Waals surface area contributed by atoms with Crippen molar-refractivity contribution in [1.82, 2.24) is 9.80 Å². The average molecular weight is 321 g/mol. The van der Waals surface area contributed by atoms with E-state index in [-0.39, 0.29) is 0 Å². The van der Waals surface area contributed by atoms with Gasteiger partial charge in [0.05, 0.1) is 0 Å². The Morgan fingerprint density at radius 2 is 1.35 bits per heavy atom. The van der Waals surface area contributed by atoms with Crippen LogP contribution in [-0.4, -0.2) is 47.6 Å². The van der Waals surface area contributed by atoms with Crippen LogP contribution in [0.1, 0.15) is 73.6 Å². The van der Waals surface area contributed by atoms with E-state index in [1.807, 2.05) is 0 Å². The standard InChI is InChI=1S/C21H40N2/c1-16(2)22-12-10-18(11-13-22)21(5,6)23-14-19(15-23)20(3,4)17-8-7-9-17/h16-19H,7-15H2,1-6H3. The van der Waals surface area contributed by atoms with Crippen LogP contribution < -0.4 is 0 Å². The lowest BCUT2D eigenvalue weighted by Gasteiger charge is -2.59. The highest BCUT2D eigenvalue weighted by Crippen LogP contribution is 2.50. The summed E-state index contributed by atoms with van der Waals surface area (Å²) in [7, 11) is 0. The number of hydrogen-bond donors (Lipinski definition) is 0. The summed E-state index contributed by atoms with van der Waals surface area (Å²) < 4.78 is 0. The van der Waals surface area contributed by atoms with E-state index in [9.17, 15) is 0 Å². The Morgan fingerprint density at radius 3 is 1.78 bits per heavy atom. The summed E-state index contributed by atoms with van der Waals surface area (Å²) in [6, 6.07) is 0.718. The maximum atomic E-state index is 2.81. The van der Waals surface area contributed by atoms with Crippen molar-refractivity contribution in [2.45, 2.75) is 85.2 Å². The predicted octanol–water partition coefficient (Wildman–Crippen LogP) is 4.64. The lowest BCUT2D eigenvalue weighted by Crippen LogP contribution is -2.65. The molecule has 0 atom stereocenters. The van der Waals surface area contributed by atoms with E-state index in [1.54, 1.807) is 0 Å². The highest BCUT2D eigenvalue weighted by molar-refractivity contribution is 5.02. The molecule has 2 nitrogen and oxygen atoms in total. The molecule has 1 aliphatic carbocycles. The summed E-state index contributed by atoms with van der Waals surface area (Å²) in [6.07, 6.45) is 7.22. The van der Waals surface area contributed by atoms with Crippen LogP contribution in [0.2, 0.25) is 0 Å². The van der Waals surface area contributed by atoms with Gasteiger partial charge in [-0.3, -0.25) is 4.90 Å². The zero-order valence-corrected chi connectivity index (χ0v) is 16.6. The van der Waals surface area contributed by atoms with Crippen molar-refractivity contribution in [3.8, 4) is 0 Å². The van der Waals surface area contributed by atoms with E-state index >= 15 is 0 Å². The van der Waals surface area contributed by atoms with Gasteiger partial charge in [-0.2, -0.15) is 0 Å². The molecule has 23 heavy (non-hydrogen) atoms. The third-order valence-electron chi connectivity index (χ3n) is 8.17. The zero-order chi connectivity index (χ0) is 16.8. The van der Waals surface area contributed by atoms with E-state index < -0.39 is 0 Å². The predicted molar refractivity (Wildman–Crippen MR) is 99.7 cm³/mol. The molecule has 0 radical (unpaired) electrons. The molecule has 0 N–H and O–H groups in total. The smallest absolute Gasteiger partial charge is 0.0182 e. The molecule has 3 aliphatic rings. The zero-order valence-electron chi connectivity index (χ0n) is 16.6. The molecular weight excluding hydrogens is 280 g/mol. The Kier molecular flexibility index (Phi) is 4.88. The van der Waals surface area contributed by atoms with Gasteiger partial charge in [-0.1, -0.05) is 20.3 Å². The Bertz CT molecular complexity index is 394. The molecule has 2 aliphatic heterocycles. The van der Waals surface area contributed by atoms with Crippen molar-refractivity contribution in [2.75, 3.05) is 26.2 Å². The van der Waals surface area contributed by atoms with Gasteiger partial charge < -0.3 is 4.90 Å². The van der Waals surface area contributed by atoms with Gasteiger partial charge >= 0.3 is 0 Å². The topological polar surface area (TPSA) is 6.48 Å². The minimum atomic E-state index is 0.398. The quantitative estimate of drug-likeness (QED) is 0.728. The number of likely N-dealkylation sites (tertiary alicyclic amines) is 2. The van der Waals surface area contributed by atoms with Crippen LogP contribution in [-0.2, 0) is 0 Å². The minimum absolute atomic E-state index is 0.398. The second kappa shape index (κ2) is 6.33. The summed E-state index contributed by atoms with van der Waals surface area (Å²) in [5.41, 5.74) is 0.973. The molecule has 2 heterocycles. The Morgan fingerprint density at radius 1 is 0.783 bits per heavy atom. The molecule has 0 spiro atoms. The summed E-state index contributed by atoms with van der Waals surface area (Å²) >= 11 is 0. The molecule has 0 aromatic rings. The summed E-state index contributed by atoms with van der Waals surface area (Å²) in [5, 5.41) is 0. The molecule has 134 valence electrons. The highest BCUT2D eigenvalue weighted by Gasteiger charge is 2.50. The van der Waals surface area contributed by atoms with E-state index in [2.05, 4.69) is 51.3 Å². The van der Waals surface area contributed by atoms with Crippen LogP contribution in [0.4, 0.5) is 0 Å². The molecule has 0 bridgehead atoms. The largest absolute Gasteiger partial charge is 0.301 e. The molecule has 3 rings (SSSR count). The molecule has 2 heteroatoms. The van der Waals surface area contributed by atoms with E-state index in [4.69, 9.17) is 0 Å². The van der Waals surface area contributed by atoms with Crippen molar-refractivity contribution in [2.24, 2.45) is 23.2 Å². The average Bonchev–Trinajstić information content (AvgIpc) is 2.33. The van der Waals surface area contributed by atoms with Crippen molar-refractivity contribution in [1.29, 1.82) is 0 Å². The van der Waals surface area contributed by atoms with Gasteiger partial charge in [-0.05, 0) is 89.6 Å². The van der Waals surface area contributed by atoms with Crippen LogP contribution >= 0.6 is 0 Å². The maximum Gasteiger partial charge on any atom is 0.0182 e. The molecule has 3 fully saturated rings. The lowest BCUT2D eigenvalue weighted by atomic mass is 9.59. The van der Waals surface area contributed by atoms with E-state index in [0.717, 1.165) is 23.8 Å². The Balaban J connectivity index is 1.52. The van der Waals surface area contributed by atoms with Crippen LogP contribution in [0.15, 0.2) is 0 Å². The van der Waals surface area contributed by atoms with Crippen molar-refractivity contribution < 1.29 is 0 Å². The van der Waals surface area contributed by atoms with Gasteiger partial charge in [-0.15, -0.1) is 0 Å². The Hall–Kier alpha value is -0.0800. The van der Waals surface area contributed by atoms with Crippen LogP contribution in [0.5, 0.6) is 0 Å². The number of piperidine rings is 1. The fraction of sp³-hybridized carbons (Fsp3) is 1.00. The van der Waals surface area contributed by atoms with Gasteiger partial charge in [0.25, 0.3) is 0 Å². The first-order valence-electron chi connectivity index (χ1n) is 10.2. The SMILES string of the molecule is CC(C)N1CCC(C(C)(C)N2CC(C(C)(C)C3CCC3)C2)CC1. The molecular formula is C21H40N2. The minimum Gasteiger partial charge on any atom is -0.301 e. The van der Waals surface area contributed by atoms with Crippen molar-refractivity contribution in [3.63, 3.8) is 0 Å². The summed E-state index contributed by atoms with van der Waals surface area (Å²) in [6.45, 7) is 20.1. The van der Waals surface area contributed by atoms with Crippen molar-refractivity contribution >= 4 is 0 Å². The van der Waals surface area contributed by atoms with Gasteiger partial charge in [-0.25, -0.2) is 0 Å². The Labute approximate surface area is 145 Å². The third-order valence-corrected chi connectivity index (χ3v) is 8.17. The van der Waals surface area contributed by atoms with Gasteiger partial charge in [0.15, 0.2) is 0 Å². The lowest BCUT2D eigenvalue weighted by molar-refractivity contribution is -0.104. The highest BCUT2D eigenvalue weighted by atomic mass is 15.3. The number of hydrogen-bond acceptors (Lipinski definition) is 2. The molecule has 0 amide bonds. The van der Waals surface area contributed by atoms with Gasteiger partial charge in [0.2, 0.25) is 0 Å². The second-order valence-electron chi connectivity index (χ2n) is 10.1. The van der Waals surface area contributed by atoms with Gasteiger partial charge in [0, 0.05) is 24.7 Å². The first kappa shape index (κ1) is 17.7. The first-order chi connectivity index (χ1) is 10.7. The van der Waals surface area contributed by atoms with E-state index in [0.29, 0.717) is 11.0 Å². The van der Waals surface area contributed by atoms with Gasteiger partial charge in [0.1, 0.15) is 0 Å². The molecule has 0 aromatic carbocycles. The fourth-order valence-corrected chi connectivity index (χ4v) is 5.29. The van der Waals surface area contributed by atoms with Crippen molar-refractivity contribution in [3.05, 3.63) is 0 Å². The maximum absolute atomic E-state index is 2.81. The molecule has 0 aromatic heterocycles. The molecule has 0 unspecified atom stereocenters. The monoisotopic (exact) mass is 320 g/mol. The molecule has 1 saturated carbocycles.